The van der Waals surface area contributed by atoms with Crippen LogP contribution in [0, 0.1) is 5.92 Å². The molecule has 3 aliphatic heterocycles. The first-order valence-electron chi connectivity index (χ1n) is 9.60. The number of amides is 1. The van der Waals surface area contributed by atoms with E-state index in [0.29, 0.717) is 18.5 Å². The fourth-order valence-electron chi connectivity index (χ4n) is 3.80. The van der Waals surface area contributed by atoms with E-state index in [1.54, 1.807) is 47.6 Å². The quantitative estimate of drug-likeness (QED) is 0.519. The largest absolute Gasteiger partial charge is 0.528 e. The average Bonchev–Trinajstić information content (AvgIpc) is 2.80. The Bertz CT molecular complexity index is 775. The van der Waals surface area contributed by atoms with Crippen molar-refractivity contribution in [2.45, 2.75) is 71.2 Å². The Hall–Kier alpha value is -2.55. The first-order valence-corrected chi connectivity index (χ1v) is 9.60. The number of hydroxylamine groups is 2. The first kappa shape index (κ1) is 21.2. The topological polar surface area (TPSA) is 94.6 Å². The lowest BCUT2D eigenvalue weighted by atomic mass is 9.79. The standard InChI is InChI=1S/C20H28N2O7/c1-8-11-12-9-10-21(29-18(25)28-20(5,6)7)14-13(12)22(15(14)23)16(11)26-17(24)27-19(2,3)4/h8,12-14H,1,9-10H2,2-7H3/t12?,13-,14+/m1/s1. The number of β-lactam (4-membered cyclic amide) rings is 1. The van der Waals surface area contributed by atoms with Crippen molar-refractivity contribution in [3.8, 4) is 0 Å². The maximum Gasteiger partial charge on any atom is 0.528 e. The van der Waals surface area contributed by atoms with E-state index >= 15 is 0 Å². The SMILES string of the molecule is C=CC1=C(OC(=O)OC(C)(C)C)N2C(=O)[C@@H]3[C@H]2C1CCN3OC(=O)OC(C)(C)C. The molecule has 0 bridgehead atoms. The van der Waals surface area contributed by atoms with Crippen LogP contribution in [0.25, 0.3) is 0 Å². The normalized spacial score (nSPS) is 26.5. The molecule has 3 aliphatic rings. The summed E-state index contributed by atoms with van der Waals surface area (Å²) in [6.45, 7) is 14.5. The van der Waals surface area contributed by atoms with Crippen LogP contribution in [0.2, 0.25) is 0 Å². The van der Waals surface area contributed by atoms with Gasteiger partial charge in [0.1, 0.15) is 17.2 Å². The second-order valence-electron chi connectivity index (χ2n) is 9.27. The fourth-order valence-corrected chi connectivity index (χ4v) is 3.80. The molecule has 29 heavy (non-hydrogen) atoms. The zero-order valence-electron chi connectivity index (χ0n) is 17.7. The van der Waals surface area contributed by atoms with Gasteiger partial charge < -0.3 is 19.0 Å². The van der Waals surface area contributed by atoms with Gasteiger partial charge in [-0.3, -0.25) is 9.69 Å². The number of piperidine rings is 1. The van der Waals surface area contributed by atoms with Gasteiger partial charge in [-0.15, -0.1) is 5.06 Å². The van der Waals surface area contributed by atoms with E-state index in [1.165, 1.54) is 9.96 Å². The summed E-state index contributed by atoms with van der Waals surface area (Å²) in [6.07, 6.45) is 0.444. The van der Waals surface area contributed by atoms with Crippen LogP contribution < -0.4 is 0 Å². The molecule has 3 atom stereocenters. The number of carbonyl (C=O) groups excluding carboxylic acids is 3. The Morgan fingerprint density at radius 2 is 1.66 bits per heavy atom. The molecular formula is C20H28N2O7. The summed E-state index contributed by atoms with van der Waals surface area (Å²) in [7, 11) is 0. The number of allylic oxidation sites excluding steroid dienone is 1. The Morgan fingerprint density at radius 3 is 2.21 bits per heavy atom. The molecule has 0 aromatic heterocycles. The molecule has 0 radical (unpaired) electrons. The van der Waals surface area contributed by atoms with Crippen LogP contribution in [-0.4, -0.2) is 58.0 Å². The lowest BCUT2D eigenvalue weighted by Gasteiger charge is -2.51. The number of hydrogen-bond acceptors (Lipinski definition) is 8. The van der Waals surface area contributed by atoms with Gasteiger partial charge in [0.05, 0.1) is 6.04 Å². The smallest absolute Gasteiger partial charge is 0.428 e. The molecule has 0 aliphatic carbocycles. The van der Waals surface area contributed by atoms with Gasteiger partial charge in [0.15, 0.2) is 0 Å². The molecule has 9 heteroatoms. The van der Waals surface area contributed by atoms with E-state index in [2.05, 4.69) is 6.58 Å². The minimum atomic E-state index is -0.886. The van der Waals surface area contributed by atoms with Gasteiger partial charge >= 0.3 is 12.3 Å². The van der Waals surface area contributed by atoms with Crippen molar-refractivity contribution in [1.29, 1.82) is 0 Å². The summed E-state index contributed by atoms with van der Waals surface area (Å²) >= 11 is 0. The Kier molecular flexibility index (Phi) is 5.15. The van der Waals surface area contributed by atoms with Crippen molar-refractivity contribution in [1.82, 2.24) is 9.96 Å². The Labute approximate surface area is 170 Å². The van der Waals surface area contributed by atoms with E-state index in [4.69, 9.17) is 19.0 Å². The molecule has 1 amide bonds. The highest BCUT2D eigenvalue weighted by molar-refractivity contribution is 5.93. The van der Waals surface area contributed by atoms with Crippen LogP contribution in [0.4, 0.5) is 9.59 Å². The van der Waals surface area contributed by atoms with Gasteiger partial charge in [-0.25, -0.2) is 9.59 Å². The molecule has 0 aromatic carbocycles. The van der Waals surface area contributed by atoms with Crippen molar-refractivity contribution in [2.24, 2.45) is 5.92 Å². The summed E-state index contributed by atoms with van der Waals surface area (Å²) in [5, 5.41) is 1.35. The van der Waals surface area contributed by atoms with E-state index in [1.807, 2.05) is 0 Å². The lowest BCUT2D eigenvalue weighted by Crippen LogP contribution is -2.72. The molecule has 3 heterocycles. The fraction of sp³-hybridized carbons (Fsp3) is 0.650. The molecule has 3 rings (SSSR count). The van der Waals surface area contributed by atoms with Crippen molar-refractivity contribution < 1.29 is 33.4 Å². The second kappa shape index (κ2) is 7.05. The van der Waals surface area contributed by atoms with E-state index < -0.39 is 29.6 Å². The highest BCUT2D eigenvalue weighted by Crippen LogP contribution is 2.49. The summed E-state index contributed by atoms with van der Waals surface area (Å²) in [4.78, 5) is 43.7. The van der Waals surface area contributed by atoms with Gasteiger partial charge in [0, 0.05) is 18.0 Å². The monoisotopic (exact) mass is 408 g/mol. The summed E-state index contributed by atoms with van der Waals surface area (Å²) in [5.41, 5.74) is -0.755. The van der Waals surface area contributed by atoms with E-state index in [0.717, 1.165) is 0 Å². The minimum Gasteiger partial charge on any atom is -0.428 e. The molecule has 0 N–H and O–H groups in total. The second-order valence-corrected chi connectivity index (χ2v) is 9.27. The molecule has 0 saturated carbocycles. The van der Waals surface area contributed by atoms with Crippen molar-refractivity contribution in [2.75, 3.05) is 6.54 Å². The first-order chi connectivity index (χ1) is 13.3. The van der Waals surface area contributed by atoms with Crippen LogP contribution in [0.15, 0.2) is 24.1 Å². The maximum atomic E-state index is 12.8. The van der Waals surface area contributed by atoms with Gasteiger partial charge in [0.2, 0.25) is 5.88 Å². The maximum absolute atomic E-state index is 12.8. The molecule has 160 valence electrons. The molecule has 1 unspecified atom stereocenters. The Morgan fingerprint density at radius 1 is 1.07 bits per heavy atom. The van der Waals surface area contributed by atoms with E-state index in [-0.39, 0.29) is 23.8 Å². The summed E-state index contributed by atoms with van der Waals surface area (Å²) in [5.74, 6) is -0.241. The number of hydrogen-bond donors (Lipinski definition) is 0. The number of ether oxygens (including phenoxy) is 3. The van der Waals surface area contributed by atoms with Gasteiger partial charge in [-0.1, -0.05) is 12.7 Å². The van der Waals surface area contributed by atoms with Crippen LogP contribution in [0.5, 0.6) is 0 Å². The van der Waals surface area contributed by atoms with Crippen molar-refractivity contribution in [3.05, 3.63) is 24.1 Å². The Balaban J connectivity index is 1.74. The number of nitrogens with zero attached hydrogens (tertiary/aromatic N) is 2. The summed E-state index contributed by atoms with van der Waals surface area (Å²) < 4.78 is 15.8. The molecule has 0 spiro atoms. The minimum absolute atomic E-state index is 0.0638. The highest BCUT2D eigenvalue weighted by Gasteiger charge is 2.64. The third kappa shape index (κ3) is 4.10. The van der Waals surface area contributed by atoms with Crippen LogP contribution in [0.3, 0.4) is 0 Å². The van der Waals surface area contributed by atoms with Gasteiger partial charge in [0.25, 0.3) is 5.91 Å². The zero-order chi connectivity index (χ0) is 21.7. The van der Waals surface area contributed by atoms with Crippen LogP contribution in [0.1, 0.15) is 48.0 Å². The molecule has 2 saturated heterocycles. The third-order valence-corrected chi connectivity index (χ3v) is 4.73. The molecule has 0 aromatic rings. The van der Waals surface area contributed by atoms with Gasteiger partial charge in [-0.2, -0.15) is 0 Å². The van der Waals surface area contributed by atoms with Crippen molar-refractivity contribution in [3.63, 3.8) is 0 Å². The van der Waals surface area contributed by atoms with Gasteiger partial charge in [-0.05, 0) is 48.0 Å². The highest BCUT2D eigenvalue weighted by atomic mass is 16.8. The summed E-state index contributed by atoms with van der Waals surface area (Å²) in [6, 6.07) is -0.958. The van der Waals surface area contributed by atoms with Crippen molar-refractivity contribution >= 4 is 18.2 Å². The third-order valence-electron chi connectivity index (χ3n) is 4.73. The van der Waals surface area contributed by atoms with Crippen LogP contribution in [-0.2, 0) is 23.8 Å². The van der Waals surface area contributed by atoms with Crippen LogP contribution >= 0.6 is 0 Å². The number of rotatable bonds is 3. The predicted molar refractivity (Wildman–Crippen MR) is 101 cm³/mol. The predicted octanol–water partition coefficient (Wildman–Crippen LogP) is 3.12. The molecule has 9 nitrogen and oxygen atoms in total. The molecule has 2 fully saturated rings. The molecular weight excluding hydrogens is 380 g/mol. The van der Waals surface area contributed by atoms with E-state index in [9.17, 15) is 14.4 Å². The zero-order valence-corrected chi connectivity index (χ0v) is 17.7. The average molecular weight is 408 g/mol. The lowest BCUT2D eigenvalue weighted by molar-refractivity contribution is -0.223. The number of carbonyl (C=O) groups is 3.